The van der Waals surface area contributed by atoms with Crippen LogP contribution in [-0.2, 0) is 4.74 Å². The first-order valence-electron chi connectivity index (χ1n) is 10.8. The van der Waals surface area contributed by atoms with Gasteiger partial charge in [-0.2, -0.15) is 9.97 Å². The van der Waals surface area contributed by atoms with Crippen molar-refractivity contribution in [3.8, 4) is 0 Å². The van der Waals surface area contributed by atoms with E-state index < -0.39 is 24.5 Å². The van der Waals surface area contributed by atoms with E-state index in [1.807, 2.05) is 17.8 Å². The first-order valence-corrected chi connectivity index (χ1v) is 12.3. The number of imidazole rings is 1. The van der Waals surface area contributed by atoms with E-state index in [1.165, 1.54) is 11.2 Å². The second kappa shape index (κ2) is 9.61. The second-order valence-corrected chi connectivity index (χ2v) is 9.87. The lowest BCUT2D eigenvalue weighted by atomic mass is 10.1. The van der Waals surface area contributed by atoms with Crippen molar-refractivity contribution in [2.45, 2.75) is 47.5 Å². The van der Waals surface area contributed by atoms with Crippen LogP contribution in [0.25, 0.3) is 11.2 Å². The molecule has 176 valence electrons. The molecule has 2 aliphatic rings. The molecule has 2 saturated heterocycles. The van der Waals surface area contributed by atoms with Gasteiger partial charge in [0.2, 0.25) is 5.95 Å². The average Bonchev–Trinajstić information content (AvgIpc) is 3.36. The summed E-state index contributed by atoms with van der Waals surface area (Å²) in [5, 5.41) is 23.3. The molecule has 4 heterocycles. The number of aromatic nitrogens is 4. The summed E-state index contributed by atoms with van der Waals surface area (Å²) in [6, 6.07) is 10.4. The molecule has 0 spiro atoms. The molecule has 0 aliphatic carbocycles. The zero-order valence-electron chi connectivity index (χ0n) is 17.8. The lowest BCUT2D eigenvalue weighted by Crippen LogP contribution is -2.39. The Morgan fingerprint density at radius 3 is 2.61 bits per heavy atom. The number of nitrogens with one attached hydrogen (secondary N) is 1. The predicted molar refractivity (Wildman–Crippen MR) is 127 cm³/mol. The van der Waals surface area contributed by atoms with Gasteiger partial charge in [-0.1, -0.05) is 18.2 Å². The molecular formula is C21H26ClN7O3S. The van der Waals surface area contributed by atoms with Crippen LogP contribution in [0.15, 0.2) is 41.6 Å². The van der Waals surface area contributed by atoms with Crippen LogP contribution in [0.5, 0.6) is 0 Å². The van der Waals surface area contributed by atoms with Crippen LogP contribution >= 0.6 is 23.4 Å². The minimum Gasteiger partial charge on any atom is -0.387 e. The van der Waals surface area contributed by atoms with Crippen LogP contribution in [-0.4, -0.2) is 77.3 Å². The lowest BCUT2D eigenvalue weighted by molar-refractivity contribution is -0.0291. The molecule has 0 amide bonds. The molecule has 10 nitrogen and oxygen atoms in total. The minimum absolute atomic E-state index is 0.0593. The van der Waals surface area contributed by atoms with Crippen molar-refractivity contribution in [3.05, 3.63) is 36.7 Å². The molecule has 2 aliphatic heterocycles. The van der Waals surface area contributed by atoms with Gasteiger partial charge in [-0.05, 0) is 25.0 Å². The van der Waals surface area contributed by atoms with E-state index in [-0.39, 0.29) is 11.8 Å². The fraction of sp³-hybridized carbons (Fsp3) is 0.476. The van der Waals surface area contributed by atoms with Crippen molar-refractivity contribution in [2.24, 2.45) is 0 Å². The molecule has 4 atom stereocenters. The number of benzene rings is 1. The number of ether oxygens (including phenoxy) is 1. The maximum Gasteiger partial charge on any atom is 0.224 e. The Morgan fingerprint density at radius 2 is 1.91 bits per heavy atom. The Labute approximate surface area is 200 Å². The van der Waals surface area contributed by atoms with Crippen molar-refractivity contribution < 1.29 is 14.9 Å². The first-order chi connectivity index (χ1) is 16.0. The zero-order valence-corrected chi connectivity index (χ0v) is 19.4. The Morgan fingerprint density at radius 1 is 1.15 bits per heavy atom. The van der Waals surface area contributed by atoms with Crippen LogP contribution in [0.3, 0.4) is 0 Å². The molecule has 0 bridgehead atoms. The summed E-state index contributed by atoms with van der Waals surface area (Å²) < 4.78 is 7.29. The van der Waals surface area contributed by atoms with E-state index in [1.54, 1.807) is 4.57 Å². The molecule has 2 aromatic heterocycles. The lowest BCUT2D eigenvalue weighted by Gasteiger charge is -2.32. The standard InChI is InChI=1S/C21H26ClN7O3S/c22-10-14-16(30)17(31)20(32-14)29-11-24-15-18(25-21(23)26-19(15)29)27-28-8-6-13(7-9-28)33-12-4-2-1-3-5-12/h1-5,11,13-14,16-17,20,30-31H,6-10H2,(H3,23,25,26,27)/t14-,16-,17-,20-/m1/s1. The van der Waals surface area contributed by atoms with Gasteiger partial charge in [0.1, 0.15) is 18.3 Å². The SMILES string of the molecule is Nc1nc(NN2CCC(Sc3ccccc3)CC2)c2ncn([C@@H]3O[C@H](CCl)[C@@H](O)[C@H]3O)c2n1. The van der Waals surface area contributed by atoms with Crippen molar-refractivity contribution in [1.82, 2.24) is 24.5 Å². The van der Waals surface area contributed by atoms with E-state index in [0.717, 1.165) is 25.9 Å². The molecule has 5 rings (SSSR count). The average molecular weight is 492 g/mol. The monoisotopic (exact) mass is 491 g/mol. The van der Waals surface area contributed by atoms with Crippen LogP contribution in [0, 0.1) is 0 Å². The number of aliphatic hydroxyl groups is 2. The number of alkyl halides is 1. The smallest absolute Gasteiger partial charge is 0.224 e. The number of nitrogens with two attached hydrogens (primary N) is 1. The van der Waals surface area contributed by atoms with E-state index in [0.29, 0.717) is 22.2 Å². The highest BCUT2D eigenvalue weighted by molar-refractivity contribution is 8.00. The van der Waals surface area contributed by atoms with Gasteiger partial charge in [0.05, 0.1) is 12.2 Å². The maximum atomic E-state index is 10.4. The topological polar surface area (TPSA) is 135 Å². The van der Waals surface area contributed by atoms with Gasteiger partial charge < -0.3 is 26.1 Å². The Bertz CT molecular complexity index is 1100. The normalized spacial score (nSPS) is 26.8. The third-order valence-corrected chi connectivity index (χ3v) is 7.61. The van der Waals surface area contributed by atoms with Crippen molar-refractivity contribution in [3.63, 3.8) is 0 Å². The zero-order chi connectivity index (χ0) is 22.9. The third kappa shape index (κ3) is 4.61. The van der Waals surface area contributed by atoms with Gasteiger partial charge >= 0.3 is 0 Å². The number of anilines is 2. The molecule has 3 aromatic rings. The van der Waals surface area contributed by atoms with E-state index >= 15 is 0 Å². The molecular weight excluding hydrogens is 466 g/mol. The van der Waals surface area contributed by atoms with Crippen LogP contribution in [0.1, 0.15) is 19.1 Å². The van der Waals surface area contributed by atoms with Crippen LogP contribution < -0.4 is 11.2 Å². The number of thioether (sulfide) groups is 1. The summed E-state index contributed by atoms with van der Waals surface area (Å²) in [7, 11) is 0. The molecule has 33 heavy (non-hydrogen) atoms. The van der Waals surface area contributed by atoms with E-state index in [4.69, 9.17) is 22.1 Å². The highest BCUT2D eigenvalue weighted by atomic mass is 35.5. The van der Waals surface area contributed by atoms with Crippen LogP contribution in [0.2, 0.25) is 0 Å². The largest absolute Gasteiger partial charge is 0.387 e. The summed E-state index contributed by atoms with van der Waals surface area (Å²) in [6.07, 6.45) is -0.256. The van der Waals surface area contributed by atoms with Gasteiger partial charge in [-0.15, -0.1) is 23.4 Å². The molecule has 0 saturated carbocycles. The third-order valence-electron chi connectivity index (χ3n) is 5.95. The number of nitrogen functional groups attached to an aromatic ring is 1. The number of nitrogens with zero attached hydrogens (tertiary/aromatic N) is 5. The highest BCUT2D eigenvalue weighted by Crippen LogP contribution is 2.34. The van der Waals surface area contributed by atoms with Crippen LogP contribution in [0.4, 0.5) is 11.8 Å². The predicted octanol–water partition coefficient (Wildman–Crippen LogP) is 1.85. The molecule has 0 unspecified atom stereocenters. The highest BCUT2D eigenvalue weighted by Gasteiger charge is 2.44. The molecule has 12 heteroatoms. The quantitative estimate of drug-likeness (QED) is 0.378. The second-order valence-electron chi connectivity index (χ2n) is 8.18. The molecule has 0 radical (unpaired) electrons. The van der Waals surface area contributed by atoms with E-state index in [2.05, 4.69) is 49.7 Å². The van der Waals surface area contributed by atoms with Gasteiger partial charge in [-0.25, -0.2) is 9.99 Å². The van der Waals surface area contributed by atoms with Crippen molar-refractivity contribution >= 4 is 46.3 Å². The fourth-order valence-electron chi connectivity index (χ4n) is 4.21. The maximum absolute atomic E-state index is 10.4. The fourth-order valence-corrected chi connectivity index (χ4v) is 5.61. The number of fused-ring (bicyclic) bond motifs is 1. The first kappa shape index (κ1) is 22.6. The molecule has 1 aromatic carbocycles. The number of hydrazine groups is 1. The number of hydrogen-bond acceptors (Lipinski definition) is 10. The summed E-state index contributed by atoms with van der Waals surface area (Å²) in [6.45, 7) is 1.70. The molecule has 2 fully saturated rings. The Balaban J connectivity index is 1.30. The van der Waals surface area contributed by atoms with Gasteiger partial charge in [-0.3, -0.25) is 4.57 Å². The minimum atomic E-state index is -1.17. The Hall–Kier alpha value is -2.15. The Kier molecular flexibility index (Phi) is 6.59. The summed E-state index contributed by atoms with van der Waals surface area (Å²) in [5.41, 5.74) is 10.2. The van der Waals surface area contributed by atoms with Gasteiger partial charge in [0.25, 0.3) is 0 Å². The summed E-state index contributed by atoms with van der Waals surface area (Å²) in [5.74, 6) is 0.625. The number of piperidine rings is 1. The van der Waals surface area contributed by atoms with Crippen molar-refractivity contribution in [1.29, 1.82) is 0 Å². The number of hydrogen-bond donors (Lipinski definition) is 4. The summed E-state index contributed by atoms with van der Waals surface area (Å²) in [4.78, 5) is 14.4. The molecule has 5 N–H and O–H groups in total. The number of aliphatic hydroxyl groups excluding tert-OH is 2. The number of halogens is 1. The van der Waals surface area contributed by atoms with Gasteiger partial charge in [0, 0.05) is 23.2 Å². The van der Waals surface area contributed by atoms with E-state index in [9.17, 15) is 10.2 Å². The number of rotatable bonds is 6. The van der Waals surface area contributed by atoms with Gasteiger partial charge in [0.15, 0.2) is 23.2 Å². The van der Waals surface area contributed by atoms with Crippen molar-refractivity contribution in [2.75, 3.05) is 30.1 Å². The summed E-state index contributed by atoms with van der Waals surface area (Å²) >= 11 is 7.76.